The third-order valence-corrected chi connectivity index (χ3v) is 2.05. The van der Waals surface area contributed by atoms with Gasteiger partial charge in [-0.25, -0.2) is 0 Å². The fourth-order valence-electron chi connectivity index (χ4n) is 0.640. The van der Waals surface area contributed by atoms with Gasteiger partial charge in [0, 0.05) is 5.69 Å². The van der Waals surface area contributed by atoms with Crippen molar-refractivity contribution in [2.24, 2.45) is 0 Å². The van der Waals surface area contributed by atoms with Gasteiger partial charge >= 0.3 is 37.7 Å². The second kappa shape index (κ2) is 4.43. The topological polar surface area (TPSA) is 80.4 Å². The molecule has 0 unspecified atom stereocenters. The van der Waals surface area contributed by atoms with Crippen molar-refractivity contribution in [2.75, 3.05) is 5.73 Å². The Morgan fingerprint density at radius 1 is 1.17 bits per heavy atom. The van der Waals surface area contributed by atoms with Gasteiger partial charge in [-0.3, -0.25) is 4.55 Å². The molecule has 1 aromatic rings. The Labute approximate surface area is 101 Å². The van der Waals surface area contributed by atoms with Crippen molar-refractivity contribution in [2.45, 2.75) is 4.90 Å². The van der Waals surface area contributed by atoms with Gasteiger partial charge in [-0.05, 0) is 24.3 Å². The van der Waals surface area contributed by atoms with E-state index in [9.17, 15) is 8.42 Å². The molecule has 0 aliphatic carbocycles. The average Bonchev–Trinajstić information content (AvgIpc) is 1.86. The Morgan fingerprint density at radius 2 is 1.58 bits per heavy atom. The summed E-state index contributed by atoms with van der Waals surface area (Å²) in [5, 5.41) is 0. The fourth-order valence-corrected chi connectivity index (χ4v) is 1.12. The van der Waals surface area contributed by atoms with E-state index in [1.807, 2.05) is 0 Å². The van der Waals surface area contributed by atoms with Crippen LogP contribution < -0.4 is 5.73 Å². The van der Waals surface area contributed by atoms with Crippen LogP contribution in [0.1, 0.15) is 0 Å². The van der Waals surface area contributed by atoms with Gasteiger partial charge in [-0.15, -0.1) is 0 Å². The van der Waals surface area contributed by atoms with Crippen LogP contribution >= 0.6 is 0 Å². The molecule has 64 valence electrons. The minimum absolute atomic E-state index is 0. The number of hydrogen-bond donors (Lipinski definition) is 2. The molecule has 0 amide bonds. The Morgan fingerprint density at radius 3 is 1.92 bits per heavy atom. The summed E-state index contributed by atoms with van der Waals surface area (Å²) in [6, 6.07) is 5.29. The molecule has 0 atom stereocenters. The molecule has 1 rings (SSSR count). The summed E-state index contributed by atoms with van der Waals surface area (Å²) in [5.41, 5.74) is 5.75. The van der Waals surface area contributed by atoms with Crippen molar-refractivity contribution in [3.05, 3.63) is 24.3 Å². The molecule has 0 saturated heterocycles. The molecule has 0 heterocycles. The molecular weight excluding hydrogens is 206 g/mol. The van der Waals surface area contributed by atoms with Gasteiger partial charge in [0.25, 0.3) is 10.1 Å². The quantitative estimate of drug-likeness (QED) is 0.379. The van der Waals surface area contributed by atoms with E-state index in [-0.39, 0.29) is 42.6 Å². The van der Waals surface area contributed by atoms with Crippen molar-refractivity contribution in [1.82, 2.24) is 0 Å². The van der Waals surface area contributed by atoms with Gasteiger partial charge in [0.15, 0.2) is 0 Å². The van der Waals surface area contributed by atoms with E-state index in [0.29, 0.717) is 5.69 Å². The number of benzene rings is 1. The summed E-state index contributed by atoms with van der Waals surface area (Å²) < 4.78 is 29.4. The second-order valence-corrected chi connectivity index (χ2v) is 3.47. The number of rotatable bonds is 1. The van der Waals surface area contributed by atoms with Crippen LogP contribution in [0.15, 0.2) is 29.2 Å². The van der Waals surface area contributed by atoms with E-state index >= 15 is 0 Å². The standard InChI is InChI=1S/C6H7NO3S.Ca.2H/c7-5-1-3-6(4-2-5)11(8,9)10;;;/h1-4H,7H2,(H,8,9,10);;;. The number of hydrogen-bond acceptors (Lipinski definition) is 3. The van der Waals surface area contributed by atoms with E-state index < -0.39 is 10.1 Å². The first kappa shape index (κ1) is 12.2. The molecule has 0 aromatic heterocycles. The first-order valence-corrected chi connectivity index (χ1v) is 4.27. The van der Waals surface area contributed by atoms with Crippen LogP contribution in [0.3, 0.4) is 0 Å². The monoisotopic (exact) mass is 215 g/mol. The summed E-state index contributed by atoms with van der Waals surface area (Å²) in [6.45, 7) is 0. The van der Waals surface area contributed by atoms with Crippen LogP contribution in [-0.4, -0.2) is 50.7 Å². The van der Waals surface area contributed by atoms with Crippen molar-refractivity contribution in [1.29, 1.82) is 0 Å². The summed E-state index contributed by atoms with van der Waals surface area (Å²) in [4.78, 5) is -0.147. The van der Waals surface area contributed by atoms with Crippen molar-refractivity contribution < 1.29 is 13.0 Å². The zero-order valence-corrected chi connectivity index (χ0v) is 6.38. The molecule has 0 spiro atoms. The molecule has 3 N–H and O–H groups in total. The molecule has 1 aromatic carbocycles. The van der Waals surface area contributed by atoms with E-state index in [2.05, 4.69) is 0 Å². The summed E-state index contributed by atoms with van der Waals surface area (Å²) >= 11 is 0. The SMILES string of the molecule is Nc1ccc(S(=O)(=O)O)cc1.[CaH2]. The zero-order valence-electron chi connectivity index (χ0n) is 5.56. The zero-order chi connectivity index (χ0) is 8.48. The van der Waals surface area contributed by atoms with Crippen LogP contribution in [0.4, 0.5) is 5.69 Å². The first-order chi connectivity index (χ1) is 5.00. The van der Waals surface area contributed by atoms with Crippen LogP contribution in [0.2, 0.25) is 0 Å². The number of nitrogens with two attached hydrogens (primary N) is 1. The summed E-state index contributed by atoms with van der Waals surface area (Å²) in [6.07, 6.45) is 0. The Kier molecular flexibility index (Phi) is 4.50. The summed E-state index contributed by atoms with van der Waals surface area (Å²) in [7, 11) is -4.08. The van der Waals surface area contributed by atoms with Crippen molar-refractivity contribution >= 4 is 53.5 Å². The third kappa shape index (κ3) is 3.28. The first-order valence-electron chi connectivity index (χ1n) is 2.83. The van der Waals surface area contributed by atoms with E-state index in [1.54, 1.807) is 0 Å². The molecule has 0 bridgehead atoms. The molecule has 6 heteroatoms. The Hall–Kier alpha value is 0.190. The molecule has 0 saturated carbocycles. The van der Waals surface area contributed by atoms with Gasteiger partial charge in [0.2, 0.25) is 0 Å². The molecular formula is C6H9CaNO3S. The molecule has 12 heavy (non-hydrogen) atoms. The van der Waals surface area contributed by atoms with Crippen LogP contribution in [0, 0.1) is 0 Å². The van der Waals surface area contributed by atoms with Crippen molar-refractivity contribution in [3.63, 3.8) is 0 Å². The predicted molar refractivity (Wildman–Crippen MR) is 49.2 cm³/mol. The average molecular weight is 215 g/mol. The van der Waals surface area contributed by atoms with Gasteiger partial charge in [0.05, 0.1) is 4.90 Å². The molecule has 0 radical (unpaired) electrons. The molecule has 0 aliphatic heterocycles. The number of anilines is 1. The fraction of sp³-hybridized carbons (Fsp3) is 0. The Bertz CT molecular complexity index is 346. The van der Waals surface area contributed by atoms with Gasteiger partial charge in [-0.1, -0.05) is 0 Å². The van der Waals surface area contributed by atoms with Crippen molar-refractivity contribution in [3.8, 4) is 0 Å². The normalized spacial score (nSPS) is 10.4. The van der Waals surface area contributed by atoms with Crippen LogP contribution in [0.5, 0.6) is 0 Å². The predicted octanol–water partition coefficient (Wildman–Crippen LogP) is -0.401. The molecule has 0 fully saturated rings. The van der Waals surface area contributed by atoms with Crippen LogP contribution in [0.25, 0.3) is 0 Å². The van der Waals surface area contributed by atoms with Gasteiger partial charge in [0.1, 0.15) is 0 Å². The van der Waals surface area contributed by atoms with E-state index in [4.69, 9.17) is 10.3 Å². The third-order valence-electron chi connectivity index (χ3n) is 1.18. The maximum atomic E-state index is 10.5. The van der Waals surface area contributed by atoms with Gasteiger partial charge in [-0.2, -0.15) is 8.42 Å². The molecule has 4 nitrogen and oxygen atoms in total. The molecule has 0 aliphatic rings. The Balaban J connectivity index is 0.00000121. The van der Waals surface area contributed by atoms with E-state index in [0.717, 1.165) is 0 Å². The number of nitrogen functional groups attached to an aromatic ring is 1. The summed E-state index contributed by atoms with van der Waals surface area (Å²) in [5.74, 6) is 0. The van der Waals surface area contributed by atoms with E-state index in [1.165, 1.54) is 24.3 Å². The maximum absolute atomic E-state index is 10.5. The van der Waals surface area contributed by atoms with Gasteiger partial charge < -0.3 is 5.73 Å². The second-order valence-electron chi connectivity index (χ2n) is 2.04. The van der Waals surface area contributed by atoms with Crippen LogP contribution in [-0.2, 0) is 10.1 Å². The minimum atomic E-state index is -4.08.